The fraction of sp³-hybridized carbons (Fsp3) is 0.550. The fourth-order valence-electron chi connectivity index (χ4n) is 4.56. The number of aryl methyl sites for hydroxylation is 1. The average molecular weight is 356 g/mol. The Morgan fingerprint density at radius 2 is 1.88 bits per heavy atom. The van der Waals surface area contributed by atoms with Crippen LogP contribution in [0.1, 0.15) is 37.7 Å². The second-order valence-electron chi connectivity index (χ2n) is 7.76. The molecule has 2 fully saturated rings. The molecule has 1 aromatic carbocycles. The number of amides is 2. The molecular weight excluding hydrogens is 332 g/mol. The van der Waals surface area contributed by atoms with E-state index in [1.165, 1.54) is 0 Å². The number of likely N-dealkylation sites (tertiary alicyclic amines) is 1. The SMILES string of the molecule is O=C(O)[C@@H]1CC12CCN(C(=O)CCN1C(=O)CCc3ccccc31)CC2. The fourth-order valence-corrected chi connectivity index (χ4v) is 4.56. The van der Waals surface area contributed by atoms with Gasteiger partial charge in [-0.1, -0.05) is 18.2 Å². The van der Waals surface area contributed by atoms with Gasteiger partial charge in [-0.25, -0.2) is 0 Å². The molecule has 1 aliphatic carbocycles. The molecule has 4 rings (SSSR count). The van der Waals surface area contributed by atoms with Crippen LogP contribution in [0.25, 0.3) is 0 Å². The topological polar surface area (TPSA) is 77.9 Å². The van der Waals surface area contributed by atoms with E-state index < -0.39 is 5.97 Å². The number of nitrogens with zero attached hydrogens (tertiary/aromatic N) is 2. The number of para-hydroxylation sites is 1. The summed E-state index contributed by atoms with van der Waals surface area (Å²) < 4.78 is 0. The van der Waals surface area contributed by atoms with E-state index in [0.717, 1.165) is 36.9 Å². The summed E-state index contributed by atoms with van der Waals surface area (Å²) in [6, 6.07) is 7.88. The van der Waals surface area contributed by atoms with Gasteiger partial charge in [0.2, 0.25) is 11.8 Å². The zero-order chi connectivity index (χ0) is 18.3. The number of aliphatic carboxylic acids is 1. The van der Waals surface area contributed by atoms with Gasteiger partial charge in [0, 0.05) is 38.2 Å². The van der Waals surface area contributed by atoms with Gasteiger partial charge < -0.3 is 14.9 Å². The van der Waals surface area contributed by atoms with Gasteiger partial charge in [0.1, 0.15) is 0 Å². The summed E-state index contributed by atoms with van der Waals surface area (Å²) in [4.78, 5) is 39.6. The van der Waals surface area contributed by atoms with E-state index in [0.29, 0.717) is 32.5 Å². The Morgan fingerprint density at radius 3 is 2.58 bits per heavy atom. The van der Waals surface area contributed by atoms with Gasteiger partial charge in [-0.2, -0.15) is 0 Å². The van der Waals surface area contributed by atoms with E-state index >= 15 is 0 Å². The number of carboxylic acid groups (broad SMARTS) is 1. The molecule has 0 aromatic heterocycles. The van der Waals surface area contributed by atoms with Gasteiger partial charge >= 0.3 is 5.97 Å². The summed E-state index contributed by atoms with van der Waals surface area (Å²) in [6.45, 7) is 1.67. The first kappa shape index (κ1) is 17.1. The van der Waals surface area contributed by atoms with E-state index in [2.05, 4.69) is 0 Å². The van der Waals surface area contributed by atoms with Crippen LogP contribution in [-0.2, 0) is 20.8 Å². The molecule has 0 unspecified atom stereocenters. The number of piperidine rings is 1. The highest BCUT2D eigenvalue weighted by molar-refractivity contribution is 5.97. The molecule has 0 bridgehead atoms. The largest absolute Gasteiger partial charge is 0.481 e. The molecule has 1 atom stereocenters. The third kappa shape index (κ3) is 2.97. The maximum absolute atomic E-state index is 12.6. The highest BCUT2D eigenvalue weighted by Crippen LogP contribution is 2.59. The van der Waals surface area contributed by atoms with E-state index in [1.807, 2.05) is 29.2 Å². The van der Waals surface area contributed by atoms with Crippen molar-refractivity contribution in [2.45, 2.75) is 38.5 Å². The highest BCUT2D eigenvalue weighted by Gasteiger charge is 2.59. The van der Waals surface area contributed by atoms with Crippen molar-refractivity contribution in [1.29, 1.82) is 0 Å². The lowest BCUT2D eigenvalue weighted by atomic mass is 9.90. The molecular formula is C20H24N2O4. The van der Waals surface area contributed by atoms with Crippen LogP contribution in [0.3, 0.4) is 0 Å². The monoisotopic (exact) mass is 356 g/mol. The molecule has 6 heteroatoms. The maximum Gasteiger partial charge on any atom is 0.307 e. The molecule has 6 nitrogen and oxygen atoms in total. The Bertz CT molecular complexity index is 752. The number of hydrogen-bond acceptors (Lipinski definition) is 3. The van der Waals surface area contributed by atoms with Gasteiger partial charge in [-0.3, -0.25) is 14.4 Å². The normalized spacial score (nSPS) is 23.7. The quantitative estimate of drug-likeness (QED) is 0.896. The Hall–Kier alpha value is -2.37. The summed E-state index contributed by atoms with van der Waals surface area (Å²) in [5.41, 5.74) is 2.02. The predicted octanol–water partition coefficient (Wildman–Crippen LogP) is 2.07. The molecule has 2 amide bonds. The number of carbonyl (C=O) groups is 3. The number of anilines is 1. The zero-order valence-electron chi connectivity index (χ0n) is 14.8. The summed E-state index contributed by atoms with van der Waals surface area (Å²) in [5.74, 6) is -0.783. The summed E-state index contributed by atoms with van der Waals surface area (Å²) >= 11 is 0. The third-order valence-corrected chi connectivity index (χ3v) is 6.34. The molecule has 0 radical (unpaired) electrons. The lowest BCUT2D eigenvalue weighted by Crippen LogP contribution is -2.42. The molecule has 1 saturated carbocycles. The summed E-state index contributed by atoms with van der Waals surface area (Å²) in [7, 11) is 0. The molecule has 1 aromatic rings. The van der Waals surface area contributed by atoms with Crippen LogP contribution in [0.15, 0.2) is 24.3 Å². The first-order valence-corrected chi connectivity index (χ1v) is 9.39. The van der Waals surface area contributed by atoms with Crippen molar-refractivity contribution in [3.63, 3.8) is 0 Å². The Kier molecular flexibility index (Phi) is 4.21. The minimum Gasteiger partial charge on any atom is -0.481 e. The van der Waals surface area contributed by atoms with Crippen molar-refractivity contribution in [3.8, 4) is 0 Å². The number of carboxylic acids is 1. The minimum absolute atomic E-state index is 0.0585. The standard InChI is InChI=1S/C20H24N2O4/c23-17(21-11-8-20(9-12-21)13-15(20)19(25)26)7-10-22-16-4-2-1-3-14(16)5-6-18(22)24/h1-4,15H,5-13H2,(H,25,26)/t15-/m0/s1. The molecule has 2 aliphatic heterocycles. The first-order chi connectivity index (χ1) is 12.5. The molecule has 3 aliphatic rings. The van der Waals surface area contributed by atoms with Gasteiger partial charge in [-0.15, -0.1) is 0 Å². The maximum atomic E-state index is 12.6. The summed E-state index contributed by atoms with van der Waals surface area (Å²) in [6.07, 6.45) is 3.88. The van der Waals surface area contributed by atoms with E-state index in [1.54, 1.807) is 4.90 Å². The van der Waals surface area contributed by atoms with Crippen molar-refractivity contribution in [2.24, 2.45) is 11.3 Å². The van der Waals surface area contributed by atoms with Gasteiger partial charge in [0.25, 0.3) is 0 Å². The van der Waals surface area contributed by atoms with Crippen LogP contribution in [0.5, 0.6) is 0 Å². The number of carbonyl (C=O) groups excluding carboxylic acids is 2. The lowest BCUT2D eigenvalue weighted by molar-refractivity contribution is -0.139. The van der Waals surface area contributed by atoms with Crippen LogP contribution >= 0.6 is 0 Å². The van der Waals surface area contributed by atoms with Gasteiger partial charge in [-0.05, 0) is 42.7 Å². The zero-order valence-corrected chi connectivity index (χ0v) is 14.8. The first-order valence-electron chi connectivity index (χ1n) is 9.39. The number of rotatable bonds is 4. The van der Waals surface area contributed by atoms with Crippen LogP contribution in [0.2, 0.25) is 0 Å². The van der Waals surface area contributed by atoms with Crippen molar-refractivity contribution in [3.05, 3.63) is 29.8 Å². The molecule has 138 valence electrons. The van der Waals surface area contributed by atoms with E-state index in [9.17, 15) is 14.4 Å². The molecule has 1 N–H and O–H groups in total. The lowest BCUT2D eigenvalue weighted by Gasteiger charge is -2.34. The molecule has 2 heterocycles. The van der Waals surface area contributed by atoms with Crippen LogP contribution < -0.4 is 4.90 Å². The second kappa shape index (κ2) is 6.41. The minimum atomic E-state index is -0.702. The smallest absolute Gasteiger partial charge is 0.307 e. The third-order valence-electron chi connectivity index (χ3n) is 6.34. The van der Waals surface area contributed by atoms with Crippen molar-refractivity contribution < 1.29 is 19.5 Å². The van der Waals surface area contributed by atoms with E-state index in [4.69, 9.17) is 5.11 Å². The van der Waals surface area contributed by atoms with Crippen molar-refractivity contribution >= 4 is 23.5 Å². The number of hydrogen-bond donors (Lipinski definition) is 1. The molecule has 1 saturated heterocycles. The van der Waals surface area contributed by atoms with Crippen LogP contribution in [0, 0.1) is 11.3 Å². The number of fused-ring (bicyclic) bond motifs is 1. The van der Waals surface area contributed by atoms with Gasteiger partial charge in [0.15, 0.2) is 0 Å². The van der Waals surface area contributed by atoms with E-state index in [-0.39, 0.29) is 23.1 Å². The number of benzene rings is 1. The van der Waals surface area contributed by atoms with Crippen molar-refractivity contribution in [1.82, 2.24) is 4.90 Å². The Labute approximate surface area is 152 Å². The predicted molar refractivity (Wildman–Crippen MR) is 95.7 cm³/mol. The van der Waals surface area contributed by atoms with Crippen molar-refractivity contribution in [2.75, 3.05) is 24.5 Å². The second-order valence-corrected chi connectivity index (χ2v) is 7.76. The summed E-state index contributed by atoms with van der Waals surface area (Å²) in [5, 5.41) is 9.16. The molecule has 1 spiro atoms. The van der Waals surface area contributed by atoms with Gasteiger partial charge in [0.05, 0.1) is 5.92 Å². The Morgan fingerprint density at radius 1 is 1.15 bits per heavy atom. The molecule has 26 heavy (non-hydrogen) atoms. The van der Waals surface area contributed by atoms with Crippen LogP contribution in [-0.4, -0.2) is 47.4 Å². The highest BCUT2D eigenvalue weighted by atomic mass is 16.4. The van der Waals surface area contributed by atoms with Crippen LogP contribution in [0.4, 0.5) is 5.69 Å². The average Bonchev–Trinajstić information content (AvgIpc) is 3.35. The Balaban J connectivity index is 1.33.